The first-order chi connectivity index (χ1) is 8.70. The lowest BCUT2D eigenvalue weighted by Gasteiger charge is -2.14. The van der Waals surface area contributed by atoms with Crippen LogP contribution in [0.3, 0.4) is 0 Å². The Bertz CT molecular complexity index is 511. The molecule has 1 atom stereocenters. The van der Waals surface area contributed by atoms with Crippen LogP contribution in [0.5, 0.6) is 0 Å². The summed E-state index contributed by atoms with van der Waals surface area (Å²) < 4.78 is 26.4. The second-order valence-electron chi connectivity index (χ2n) is 4.20. The smallest absolute Gasteiger partial charge is 0.129 e. The first kappa shape index (κ1) is 13.0. The van der Waals surface area contributed by atoms with Crippen LogP contribution in [0.25, 0.3) is 0 Å². The Labute approximate surface area is 110 Å². The minimum Gasteiger partial charge on any atom is -0.207 e. The third-order valence-corrected chi connectivity index (χ3v) is 3.31. The van der Waals surface area contributed by atoms with Crippen LogP contribution in [0, 0.1) is 11.6 Å². The maximum Gasteiger partial charge on any atom is 0.129 e. The van der Waals surface area contributed by atoms with Crippen molar-refractivity contribution in [3.8, 4) is 0 Å². The van der Waals surface area contributed by atoms with Crippen molar-refractivity contribution in [1.82, 2.24) is 0 Å². The number of benzene rings is 2. The summed E-state index contributed by atoms with van der Waals surface area (Å²) in [4.78, 5) is 0. The third-order valence-electron chi connectivity index (χ3n) is 2.94. The normalized spacial score (nSPS) is 12.4. The van der Waals surface area contributed by atoms with Crippen LogP contribution in [0.1, 0.15) is 17.0 Å². The van der Waals surface area contributed by atoms with Gasteiger partial charge in [0.05, 0.1) is 0 Å². The molecular formula is C15H13ClF2. The lowest BCUT2D eigenvalue weighted by atomic mass is 9.93. The van der Waals surface area contributed by atoms with E-state index in [-0.39, 0.29) is 5.92 Å². The molecule has 0 heterocycles. The zero-order valence-electron chi connectivity index (χ0n) is 9.74. The summed E-state index contributed by atoms with van der Waals surface area (Å²) in [5.74, 6) is -0.631. The van der Waals surface area contributed by atoms with Gasteiger partial charge in [0, 0.05) is 17.9 Å². The van der Waals surface area contributed by atoms with Crippen LogP contribution >= 0.6 is 11.6 Å². The third kappa shape index (κ3) is 3.08. The van der Waals surface area contributed by atoms with Crippen molar-refractivity contribution in [3.05, 3.63) is 71.3 Å². The zero-order valence-corrected chi connectivity index (χ0v) is 10.5. The highest BCUT2D eigenvalue weighted by molar-refractivity contribution is 6.18. The van der Waals surface area contributed by atoms with Crippen LogP contribution in [0.2, 0.25) is 0 Å². The average Bonchev–Trinajstić information content (AvgIpc) is 2.39. The van der Waals surface area contributed by atoms with Crippen molar-refractivity contribution in [2.45, 2.75) is 12.3 Å². The van der Waals surface area contributed by atoms with Crippen molar-refractivity contribution in [3.63, 3.8) is 0 Å². The monoisotopic (exact) mass is 266 g/mol. The van der Waals surface area contributed by atoms with E-state index in [0.717, 1.165) is 11.6 Å². The fourth-order valence-corrected chi connectivity index (χ4v) is 2.23. The predicted molar refractivity (Wildman–Crippen MR) is 70.0 cm³/mol. The van der Waals surface area contributed by atoms with Crippen LogP contribution in [0.4, 0.5) is 8.78 Å². The molecule has 0 spiro atoms. The first-order valence-corrected chi connectivity index (χ1v) is 6.29. The highest BCUT2D eigenvalue weighted by Gasteiger charge is 2.13. The van der Waals surface area contributed by atoms with Gasteiger partial charge in [-0.15, -0.1) is 11.6 Å². The van der Waals surface area contributed by atoms with Crippen LogP contribution < -0.4 is 0 Å². The standard InChI is InChI=1S/C15H13ClF2/c16-10-13(11-4-2-1-3-5-11)8-12-6-7-14(17)9-15(12)18/h1-7,9,13H,8,10H2. The van der Waals surface area contributed by atoms with Gasteiger partial charge >= 0.3 is 0 Å². The van der Waals surface area contributed by atoms with Crippen molar-refractivity contribution < 1.29 is 8.78 Å². The van der Waals surface area contributed by atoms with Crippen molar-refractivity contribution in [2.24, 2.45) is 0 Å². The molecule has 0 saturated heterocycles. The molecule has 2 aromatic rings. The molecule has 0 amide bonds. The number of hydrogen-bond donors (Lipinski definition) is 0. The highest BCUT2D eigenvalue weighted by atomic mass is 35.5. The van der Waals surface area contributed by atoms with E-state index >= 15 is 0 Å². The summed E-state index contributed by atoms with van der Waals surface area (Å²) in [5.41, 5.74) is 1.56. The Balaban J connectivity index is 2.21. The van der Waals surface area contributed by atoms with Crippen molar-refractivity contribution in [1.29, 1.82) is 0 Å². The van der Waals surface area contributed by atoms with E-state index in [1.165, 1.54) is 12.1 Å². The predicted octanol–water partition coefficient (Wildman–Crippen LogP) is 4.53. The van der Waals surface area contributed by atoms with Gasteiger partial charge in [-0.25, -0.2) is 8.78 Å². The maximum atomic E-state index is 13.6. The summed E-state index contributed by atoms with van der Waals surface area (Å²) in [7, 11) is 0. The van der Waals surface area contributed by atoms with E-state index in [1.807, 2.05) is 30.3 Å². The van der Waals surface area contributed by atoms with Gasteiger partial charge in [-0.3, -0.25) is 0 Å². The molecule has 0 radical (unpaired) electrons. The molecule has 0 aliphatic heterocycles. The molecule has 0 saturated carbocycles. The van der Waals surface area contributed by atoms with Crippen molar-refractivity contribution >= 4 is 11.6 Å². The van der Waals surface area contributed by atoms with E-state index in [4.69, 9.17) is 11.6 Å². The number of alkyl halides is 1. The number of hydrogen-bond acceptors (Lipinski definition) is 0. The van der Waals surface area contributed by atoms with E-state index in [2.05, 4.69) is 0 Å². The molecule has 0 fully saturated rings. The molecule has 94 valence electrons. The first-order valence-electron chi connectivity index (χ1n) is 5.75. The lowest BCUT2D eigenvalue weighted by molar-refractivity contribution is 0.566. The van der Waals surface area contributed by atoms with Crippen LogP contribution in [-0.2, 0) is 6.42 Å². The summed E-state index contributed by atoms with van der Waals surface area (Å²) in [6, 6.07) is 13.4. The van der Waals surface area contributed by atoms with Gasteiger partial charge in [0.2, 0.25) is 0 Å². The summed E-state index contributed by atoms with van der Waals surface area (Å²) in [5, 5.41) is 0. The van der Waals surface area contributed by atoms with Crippen LogP contribution in [-0.4, -0.2) is 5.88 Å². The summed E-state index contributed by atoms with van der Waals surface area (Å²) in [6.45, 7) is 0. The lowest BCUT2D eigenvalue weighted by Crippen LogP contribution is -2.06. The van der Waals surface area contributed by atoms with Gasteiger partial charge in [0.25, 0.3) is 0 Å². The summed E-state index contributed by atoms with van der Waals surface area (Å²) in [6.07, 6.45) is 0.472. The van der Waals surface area contributed by atoms with E-state index in [1.54, 1.807) is 0 Å². The van der Waals surface area contributed by atoms with Gasteiger partial charge in [0.15, 0.2) is 0 Å². The van der Waals surface area contributed by atoms with E-state index in [9.17, 15) is 8.78 Å². The number of halogens is 3. The Kier molecular flexibility index (Phi) is 4.32. The molecule has 0 N–H and O–H groups in total. The quantitative estimate of drug-likeness (QED) is 0.713. The second-order valence-corrected chi connectivity index (χ2v) is 4.51. The maximum absolute atomic E-state index is 13.6. The molecule has 2 aromatic carbocycles. The second kappa shape index (κ2) is 5.96. The molecule has 2 rings (SSSR count). The molecule has 1 unspecified atom stereocenters. The Morgan fingerprint density at radius 2 is 1.72 bits per heavy atom. The largest absolute Gasteiger partial charge is 0.207 e. The van der Waals surface area contributed by atoms with Gasteiger partial charge in [-0.2, -0.15) is 0 Å². The minimum atomic E-state index is -0.557. The minimum absolute atomic E-state index is 0.0350. The van der Waals surface area contributed by atoms with Crippen molar-refractivity contribution in [2.75, 3.05) is 5.88 Å². The number of rotatable bonds is 4. The average molecular weight is 267 g/mol. The topological polar surface area (TPSA) is 0 Å². The molecule has 0 aromatic heterocycles. The molecule has 0 aliphatic rings. The Morgan fingerprint density at radius 3 is 2.33 bits per heavy atom. The fourth-order valence-electron chi connectivity index (χ4n) is 1.94. The highest BCUT2D eigenvalue weighted by Crippen LogP contribution is 2.23. The molecule has 18 heavy (non-hydrogen) atoms. The molecule has 3 heteroatoms. The SMILES string of the molecule is Fc1ccc(CC(CCl)c2ccccc2)c(F)c1. The molecule has 0 nitrogen and oxygen atoms in total. The Morgan fingerprint density at radius 1 is 1.00 bits per heavy atom. The van der Waals surface area contributed by atoms with Gasteiger partial charge in [0.1, 0.15) is 11.6 Å². The van der Waals surface area contributed by atoms with Gasteiger partial charge in [-0.1, -0.05) is 36.4 Å². The van der Waals surface area contributed by atoms with Crippen LogP contribution in [0.15, 0.2) is 48.5 Å². The van der Waals surface area contributed by atoms with Gasteiger partial charge in [-0.05, 0) is 23.6 Å². The van der Waals surface area contributed by atoms with E-state index in [0.29, 0.717) is 17.9 Å². The van der Waals surface area contributed by atoms with Gasteiger partial charge < -0.3 is 0 Å². The summed E-state index contributed by atoms with van der Waals surface area (Å²) >= 11 is 5.94. The Hall–Kier alpha value is -1.41. The zero-order chi connectivity index (χ0) is 13.0. The molecule has 0 aliphatic carbocycles. The fraction of sp³-hybridized carbons (Fsp3) is 0.200. The van der Waals surface area contributed by atoms with E-state index < -0.39 is 11.6 Å². The molecular weight excluding hydrogens is 254 g/mol. The molecule has 0 bridgehead atoms.